The van der Waals surface area contributed by atoms with Crippen molar-refractivity contribution in [1.82, 2.24) is 0 Å². The number of rotatable bonds is 7. The summed E-state index contributed by atoms with van der Waals surface area (Å²) >= 11 is 0. The molecule has 0 aromatic heterocycles. The minimum Gasteiger partial charge on any atom is -0.493 e. The predicted molar refractivity (Wildman–Crippen MR) is 90.4 cm³/mol. The van der Waals surface area contributed by atoms with Crippen molar-refractivity contribution in [3.8, 4) is 5.75 Å². The third kappa shape index (κ3) is 3.96. The first-order chi connectivity index (χ1) is 11.7. The fourth-order valence-electron chi connectivity index (χ4n) is 2.54. The second kappa shape index (κ2) is 7.68. The number of hydrogen-bond acceptors (Lipinski definition) is 4. The van der Waals surface area contributed by atoms with E-state index in [1.807, 2.05) is 60.7 Å². The summed E-state index contributed by atoms with van der Waals surface area (Å²) < 4.78 is 16.9. The van der Waals surface area contributed by atoms with Crippen LogP contribution in [0.3, 0.4) is 0 Å². The number of ether oxygens (including phenoxy) is 3. The SMILES string of the molecule is CC1=C(OCc2ccccc2)C(CCOc2ccccc2)OC1=O. The van der Waals surface area contributed by atoms with Gasteiger partial charge in [0.1, 0.15) is 18.1 Å². The van der Waals surface area contributed by atoms with Gasteiger partial charge < -0.3 is 14.2 Å². The van der Waals surface area contributed by atoms with Crippen LogP contribution in [0.4, 0.5) is 0 Å². The normalized spacial score (nSPS) is 16.9. The van der Waals surface area contributed by atoms with Gasteiger partial charge in [-0.1, -0.05) is 48.5 Å². The fourth-order valence-corrected chi connectivity index (χ4v) is 2.54. The number of benzene rings is 2. The van der Waals surface area contributed by atoms with Crippen molar-refractivity contribution in [1.29, 1.82) is 0 Å². The molecule has 2 aromatic carbocycles. The second-order valence-electron chi connectivity index (χ2n) is 5.61. The highest BCUT2D eigenvalue weighted by Gasteiger charge is 2.33. The van der Waals surface area contributed by atoms with Crippen molar-refractivity contribution in [3.63, 3.8) is 0 Å². The van der Waals surface area contributed by atoms with Crippen LogP contribution in [-0.4, -0.2) is 18.7 Å². The van der Waals surface area contributed by atoms with Crippen molar-refractivity contribution in [3.05, 3.63) is 77.6 Å². The van der Waals surface area contributed by atoms with Crippen LogP contribution in [0.15, 0.2) is 72.0 Å². The van der Waals surface area contributed by atoms with Gasteiger partial charge in [-0.15, -0.1) is 0 Å². The van der Waals surface area contributed by atoms with Gasteiger partial charge in [0.25, 0.3) is 0 Å². The quantitative estimate of drug-likeness (QED) is 0.725. The number of esters is 1. The smallest absolute Gasteiger partial charge is 0.338 e. The van der Waals surface area contributed by atoms with Crippen molar-refractivity contribution in [2.75, 3.05) is 6.61 Å². The lowest BCUT2D eigenvalue weighted by molar-refractivity contribution is -0.140. The Morgan fingerprint density at radius 3 is 2.33 bits per heavy atom. The van der Waals surface area contributed by atoms with Gasteiger partial charge in [-0.3, -0.25) is 0 Å². The van der Waals surface area contributed by atoms with E-state index in [-0.39, 0.29) is 12.1 Å². The molecule has 24 heavy (non-hydrogen) atoms. The zero-order valence-electron chi connectivity index (χ0n) is 13.6. The zero-order chi connectivity index (χ0) is 16.8. The largest absolute Gasteiger partial charge is 0.493 e. The van der Waals surface area contributed by atoms with E-state index in [9.17, 15) is 4.79 Å². The molecule has 4 nitrogen and oxygen atoms in total. The minimum absolute atomic E-state index is 0.317. The van der Waals surface area contributed by atoms with Crippen molar-refractivity contribution < 1.29 is 19.0 Å². The number of carbonyl (C=O) groups is 1. The molecule has 0 amide bonds. The number of cyclic esters (lactones) is 1. The zero-order valence-corrected chi connectivity index (χ0v) is 13.6. The van der Waals surface area contributed by atoms with Gasteiger partial charge >= 0.3 is 5.97 Å². The van der Waals surface area contributed by atoms with E-state index in [1.54, 1.807) is 6.92 Å². The summed E-state index contributed by atoms with van der Waals surface area (Å²) in [5, 5.41) is 0. The molecule has 0 N–H and O–H groups in total. The first-order valence-corrected chi connectivity index (χ1v) is 8.00. The van der Waals surface area contributed by atoms with Crippen LogP contribution < -0.4 is 4.74 Å². The van der Waals surface area contributed by atoms with Crippen LogP contribution in [0.1, 0.15) is 18.9 Å². The molecule has 1 heterocycles. The van der Waals surface area contributed by atoms with Crippen LogP contribution in [-0.2, 0) is 20.9 Å². The number of hydrogen-bond donors (Lipinski definition) is 0. The molecule has 3 rings (SSSR count). The van der Waals surface area contributed by atoms with E-state index in [4.69, 9.17) is 14.2 Å². The van der Waals surface area contributed by atoms with Gasteiger partial charge in [-0.05, 0) is 24.6 Å². The maximum atomic E-state index is 11.8. The first kappa shape index (κ1) is 16.1. The molecule has 4 heteroatoms. The average molecular weight is 324 g/mol. The Morgan fingerprint density at radius 1 is 0.958 bits per heavy atom. The van der Waals surface area contributed by atoms with Gasteiger partial charge in [-0.25, -0.2) is 4.79 Å². The molecule has 0 saturated carbocycles. The van der Waals surface area contributed by atoms with E-state index in [1.165, 1.54) is 0 Å². The minimum atomic E-state index is -0.384. The van der Waals surface area contributed by atoms with Gasteiger partial charge in [0.15, 0.2) is 6.10 Å². The van der Waals surface area contributed by atoms with Crippen molar-refractivity contribution in [2.24, 2.45) is 0 Å². The van der Waals surface area contributed by atoms with Crippen LogP contribution in [0.2, 0.25) is 0 Å². The highest BCUT2D eigenvalue weighted by molar-refractivity contribution is 5.91. The van der Waals surface area contributed by atoms with E-state index >= 15 is 0 Å². The van der Waals surface area contributed by atoms with Crippen LogP contribution >= 0.6 is 0 Å². The van der Waals surface area contributed by atoms with E-state index in [0.717, 1.165) is 11.3 Å². The van der Waals surface area contributed by atoms with E-state index in [2.05, 4.69) is 0 Å². The molecular formula is C20H20O4. The third-order valence-electron chi connectivity index (χ3n) is 3.85. The Kier molecular flexibility index (Phi) is 5.16. The molecule has 1 aliphatic rings. The highest BCUT2D eigenvalue weighted by atomic mass is 16.6. The number of carbonyl (C=O) groups excluding carboxylic acids is 1. The van der Waals surface area contributed by atoms with E-state index < -0.39 is 0 Å². The average Bonchev–Trinajstić information content (AvgIpc) is 2.89. The van der Waals surface area contributed by atoms with Gasteiger partial charge in [-0.2, -0.15) is 0 Å². The van der Waals surface area contributed by atoms with Gasteiger partial charge in [0.2, 0.25) is 0 Å². The molecule has 0 aliphatic carbocycles. The standard InChI is InChI=1S/C20H20O4/c1-15-19(23-14-16-8-4-2-5-9-16)18(24-20(15)21)12-13-22-17-10-6-3-7-11-17/h2-11,18H,12-14H2,1H3. The molecule has 0 saturated heterocycles. The fraction of sp³-hybridized carbons (Fsp3) is 0.250. The lowest BCUT2D eigenvalue weighted by Gasteiger charge is -2.16. The Bertz CT molecular complexity index is 707. The molecule has 0 bridgehead atoms. The topological polar surface area (TPSA) is 44.8 Å². The summed E-state index contributed by atoms with van der Waals surface area (Å²) in [6, 6.07) is 19.4. The second-order valence-corrected chi connectivity index (χ2v) is 5.61. The summed E-state index contributed by atoms with van der Waals surface area (Å²) in [4.78, 5) is 11.8. The molecule has 0 fully saturated rings. The first-order valence-electron chi connectivity index (χ1n) is 8.00. The Hall–Kier alpha value is -2.75. The summed E-state index contributed by atoms with van der Waals surface area (Å²) in [6.45, 7) is 2.61. The van der Waals surface area contributed by atoms with Crippen molar-refractivity contribution >= 4 is 5.97 Å². The molecule has 2 aromatic rings. The molecule has 1 atom stereocenters. The predicted octanol–water partition coefficient (Wildman–Crippen LogP) is 3.87. The van der Waals surface area contributed by atoms with Gasteiger partial charge in [0.05, 0.1) is 12.2 Å². The lowest BCUT2D eigenvalue weighted by atomic mass is 10.1. The maximum absolute atomic E-state index is 11.8. The van der Waals surface area contributed by atoms with E-state index in [0.29, 0.717) is 31.0 Å². The summed E-state index contributed by atoms with van der Waals surface area (Å²) in [5.41, 5.74) is 1.59. The molecular weight excluding hydrogens is 304 g/mol. The third-order valence-corrected chi connectivity index (χ3v) is 3.85. The van der Waals surface area contributed by atoms with Crippen molar-refractivity contribution in [2.45, 2.75) is 26.1 Å². The molecule has 1 aliphatic heterocycles. The molecule has 0 spiro atoms. The lowest BCUT2D eigenvalue weighted by Crippen LogP contribution is -2.17. The summed E-state index contributed by atoms with van der Waals surface area (Å²) in [6.07, 6.45) is 0.173. The molecule has 0 radical (unpaired) electrons. The Labute approximate surface area is 141 Å². The van der Waals surface area contributed by atoms with Crippen LogP contribution in [0.25, 0.3) is 0 Å². The van der Waals surface area contributed by atoms with Crippen LogP contribution in [0.5, 0.6) is 5.75 Å². The Balaban J connectivity index is 1.57. The summed E-state index contributed by atoms with van der Waals surface area (Å²) in [7, 11) is 0. The molecule has 124 valence electrons. The highest BCUT2D eigenvalue weighted by Crippen LogP contribution is 2.27. The maximum Gasteiger partial charge on any atom is 0.338 e. The number of para-hydroxylation sites is 1. The van der Waals surface area contributed by atoms with Crippen LogP contribution in [0, 0.1) is 0 Å². The summed E-state index contributed by atoms with van der Waals surface area (Å²) in [5.74, 6) is 1.09. The monoisotopic (exact) mass is 324 g/mol. The van der Waals surface area contributed by atoms with Gasteiger partial charge in [0, 0.05) is 6.42 Å². The molecule has 1 unspecified atom stereocenters. The Morgan fingerprint density at radius 2 is 1.62 bits per heavy atom.